The van der Waals surface area contributed by atoms with E-state index in [1.807, 2.05) is 12.2 Å². The number of fused-ring (bicyclic) bond motifs is 2. The van der Waals surface area contributed by atoms with Crippen molar-refractivity contribution in [3.8, 4) is 0 Å². The number of rotatable bonds is 3. The number of halogens is 2. The summed E-state index contributed by atoms with van der Waals surface area (Å²) < 4.78 is 32.6. The Kier molecular flexibility index (Phi) is 3.81. The molecule has 0 spiro atoms. The second-order valence-corrected chi connectivity index (χ2v) is 6.92. The van der Waals surface area contributed by atoms with Gasteiger partial charge >= 0.3 is 6.03 Å². The van der Waals surface area contributed by atoms with Gasteiger partial charge in [-0.25, -0.2) is 13.6 Å². The first kappa shape index (κ1) is 16.8. The molecule has 7 nitrogen and oxygen atoms in total. The van der Waals surface area contributed by atoms with Crippen LogP contribution >= 0.6 is 0 Å². The maximum absolute atomic E-state index is 13.4. The summed E-state index contributed by atoms with van der Waals surface area (Å²) in [4.78, 5) is 16.1. The molecule has 144 valence electrons. The van der Waals surface area contributed by atoms with Gasteiger partial charge in [0.15, 0.2) is 5.88 Å². The van der Waals surface area contributed by atoms with Gasteiger partial charge in [-0.2, -0.15) is 5.10 Å². The number of aromatic nitrogens is 2. The number of benzene rings is 1. The van der Waals surface area contributed by atoms with Gasteiger partial charge in [0.1, 0.15) is 24.4 Å². The molecule has 3 aliphatic heterocycles. The molecule has 0 bridgehead atoms. The smallest absolute Gasteiger partial charge is 0.322 e. The molecule has 1 unspecified atom stereocenters. The van der Waals surface area contributed by atoms with E-state index in [0.717, 1.165) is 22.9 Å². The fourth-order valence-corrected chi connectivity index (χ4v) is 3.76. The summed E-state index contributed by atoms with van der Waals surface area (Å²) in [5, 5.41) is 10.2. The molecular formula is C19H17F2N5O2. The van der Waals surface area contributed by atoms with Crippen LogP contribution in [0.15, 0.2) is 42.4 Å². The number of hydrogen-bond acceptors (Lipinski definition) is 4. The minimum atomic E-state index is -0.650. The van der Waals surface area contributed by atoms with E-state index in [4.69, 9.17) is 4.74 Å². The highest BCUT2D eigenvalue weighted by Crippen LogP contribution is 2.31. The Morgan fingerprint density at radius 3 is 2.86 bits per heavy atom. The Labute approximate surface area is 159 Å². The normalized spacial score (nSPS) is 20.8. The number of ether oxygens (including phenoxy) is 1. The molecular weight excluding hydrogens is 368 g/mol. The van der Waals surface area contributed by atoms with Gasteiger partial charge < -0.3 is 15.0 Å². The van der Waals surface area contributed by atoms with Crippen LogP contribution in [0.1, 0.15) is 16.8 Å². The topological polar surface area (TPSA) is 73.5 Å². The maximum Gasteiger partial charge on any atom is 0.322 e. The minimum absolute atomic E-state index is 0.156. The lowest BCUT2D eigenvalue weighted by molar-refractivity contribution is 0.140. The Morgan fingerprint density at radius 1 is 1.21 bits per heavy atom. The molecule has 1 fully saturated rings. The van der Waals surface area contributed by atoms with Crippen molar-refractivity contribution in [2.24, 2.45) is 0 Å². The van der Waals surface area contributed by atoms with E-state index in [1.165, 1.54) is 12.1 Å². The molecule has 0 radical (unpaired) electrons. The summed E-state index contributed by atoms with van der Waals surface area (Å²) in [5.74, 6) is -0.689. The van der Waals surface area contributed by atoms with E-state index in [1.54, 1.807) is 16.0 Å². The van der Waals surface area contributed by atoms with Gasteiger partial charge in [-0.05, 0) is 29.8 Å². The van der Waals surface area contributed by atoms with Gasteiger partial charge in [-0.15, -0.1) is 0 Å². The molecule has 9 heteroatoms. The molecule has 0 aliphatic carbocycles. The zero-order chi connectivity index (χ0) is 19.3. The lowest BCUT2D eigenvalue weighted by atomic mass is 10.0. The number of amides is 2. The van der Waals surface area contributed by atoms with Crippen LogP contribution < -0.4 is 5.32 Å². The lowest BCUT2D eigenvalue weighted by Gasteiger charge is -2.32. The third-order valence-corrected chi connectivity index (χ3v) is 5.10. The van der Waals surface area contributed by atoms with Crippen LogP contribution in [-0.4, -0.2) is 45.3 Å². The molecule has 4 heterocycles. The number of carbonyl (C=O) groups excluding carboxylic acids is 1. The second kappa shape index (κ2) is 6.36. The maximum atomic E-state index is 13.4. The molecule has 28 heavy (non-hydrogen) atoms. The van der Waals surface area contributed by atoms with Gasteiger partial charge in [0, 0.05) is 36.8 Å². The predicted octanol–water partition coefficient (Wildman–Crippen LogP) is 2.31. The number of carbonyl (C=O) groups is 1. The Bertz CT molecular complexity index is 995. The quantitative estimate of drug-likeness (QED) is 0.851. The van der Waals surface area contributed by atoms with Crippen molar-refractivity contribution in [1.82, 2.24) is 25.3 Å². The van der Waals surface area contributed by atoms with E-state index in [9.17, 15) is 13.6 Å². The van der Waals surface area contributed by atoms with Crippen molar-refractivity contribution < 1.29 is 18.3 Å². The third-order valence-electron chi connectivity index (χ3n) is 5.10. The van der Waals surface area contributed by atoms with Crippen molar-refractivity contribution in [1.29, 1.82) is 0 Å². The number of aromatic amines is 1. The van der Waals surface area contributed by atoms with Crippen LogP contribution in [0.4, 0.5) is 13.6 Å². The Morgan fingerprint density at radius 2 is 2.04 bits per heavy atom. The zero-order valence-electron chi connectivity index (χ0n) is 14.8. The Balaban J connectivity index is 1.30. The summed E-state index contributed by atoms with van der Waals surface area (Å²) in [6, 6.07) is 3.11. The SMILES string of the molecule is O=C1N(Cc2cc(F)cc(F)c2)CCN1C1C=CC2=C(N1)OCc1[nH]ncc12. The van der Waals surface area contributed by atoms with Crippen LogP contribution in [0.2, 0.25) is 0 Å². The number of dihydropyridines is 1. The van der Waals surface area contributed by atoms with Gasteiger partial charge in [-0.1, -0.05) is 0 Å². The van der Waals surface area contributed by atoms with Crippen molar-refractivity contribution in [3.05, 3.63) is 70.9 Å². The van der Waals surface area contributed by atoms with Crippen molar-refractivity contribution in [2.45, 2.75) is 19.3 Å². The van der Waals surface area contributed by atoms with E-state index in [-0.39, 0.29) is 18.7 Å². The summed E-state index contributed by atoms with van der Waals surface area (Å²) in [5.41, 5.74) is 3.21. The summed E-state index contributed by atoms with van der Waals surface area (Å²) in [7, 11) is 0. The standard InChI is InChI=1S/C19H17F2N5O2/c20-12-5-11(6-13(21)7-12)9-25-3-4-26(19(25)27)17-2-1-14-15-8-22-24-16(15)10-28-18(14)23-17/h1-2,5-8,17,23H,3-4,9-10H2,(H,22,24). The zero-order valence-corrected chi connectivity index (χ0v) is 14.8. The monoisotopic (exact) mass is 385 g/mol. The fourth-order valence-electron chi connectivity index (χ4n) is 3.76. The molecule has 3 aliphatic rings. The third kappa shape index (κ3) is 2.79. The van der Waals surface area contributed by atoms with Gasteiger partial charge in [0.2, 0.25) is 0 Å². The minimum Gasteiger partial charge on any atom is -0.472 e. The van der Waals surface area contributed by atoms with Crippen LogP contribution in [0.5, 0.6) is 0 Å². The molecule has 1 saturated heterocycles. The first-order valence-corrected chi connectivity index (χ1v) is 8.93. The molecule has 5 rings (SSSR count). The first-order valence-electron chi connectivity index (χ1n) is 8.93. The average molecular weight is 385 g/mol. The van der Waals surface area contributed by atoms with Crippen LogP contribution in [-0.2, 0) is 17.9 Å². The number of allylic oxidation sites excluding steroid dienone is 2. The van der Waals surface area contributed by atoms with Crippen molar-refractivity contribution >= 4 is 11.6 Å². The highest BCUT2D eigenvalue weighted by Gasteiger charge is 2.35. The van der Waals surface area contributed by atoms with E-state index in [0.29, 0.717) is 31.1 Å². The first-order chi connectivity index (χ1) is 13.6. The summed E-state index contributed by atoms with van der Waals surface area (Å²) in [6.45, 7) is 1.51. The Hall–Kier alpha value is -3.36. The van der Waals surface area contributed by atoms with E-state index in [2.05, 4.69) is 15.5 Å². The highest BCUT2D eigenvalue weighted by molar-refractivity contribution is 5.80. The average Bonchev–Trinajstić information content (AvgIpc) is 3.28. The molecule has 1 aromatic carbocycles. The summed E-state index contributed by atoms with van der Waals surface area (Å²) >= 11 is 0. The number of nitrogens with one attached hydrogen (secondary N) is 2. The number of nitrogens with zero attached hydrogens (tertiary/aromatic N) is 3. The van der Waals surface area contributed by atoms with E-state index >= 15 is 0 Å². The van der Waals surface area contributed by atoms with Crippen LogP contribution in [0.25, 0.3) is 5.57 Å². The van der Waals surface area contributed by atoms with Crippen molar-refractivity contribution in [3.63, 3.8) is 0 Å². The highest BCUT2D eigenvalue weighted by atomic mass is 19.1. The number of urea groups is 1. The molecule has 2 aromatic rings. The van der Waals surface area contributed by atoms with Gasteiger partial charge in [-0.3, -0.25) is 10.00 Å². The molecule has 1 aromatic heterocycles. The molecule has 2 amide bonds. The van der Waals surface area contributed by atoms with Gasteiger partial charge in [0.25, 0.3) is 0 Å². The second-order valence-electron chi connectivity index (χ2n) is 6.92. The van der Waals surface area contributed by atoms with Crippen molar-refractivity contribution in [2.75, 3.05) is 13.1 Å². The van der Waals surface area contributed by atoms with Gasteiger partial charge in [0.05, 0.1) is 11.9 Å². The molecule has 2 N–H and O–H groups in total. The summed E-state index contributed by atoms with van der Waals surface area (Å²) in [6.07, 6.45) is 5.21. The van der Waals surface area contributed by atoms with Crippen LogP contribution in [0, 0.1) is 11.6 Å². The largest absolute Gasteiger partial charge is 0.472 e. The number of hydrogen-bond donors (Lipinski definition) is 2. The van der Waals surface area contributed by atoms with E-state index < -0.39 is 11.6 Å². The molecule has 0 saturated carbocycles. The number of H-pyrrole nitrogens is 1. The van der Waals surface area contributed by atoms with Crippen LogP contribution in [0.3, 0.4) is 0 Å². The lowest BCUT2D eigenvalue weighted by Crippen LogP contribution is -2.48. The fraction of sp³-hybridized carbons (Fsp3) is 0.263. The predicted molar refractivity (Wildman–Crippen MR) is 95.2 cm³/mol. The molecule has 1 atom stereocenters.